The average Bonchev–Trinajstić information content (AvgIpc) is 2.27. The van der Waals surface area contributed by atoms with E-state index in [4.69, 9.17) is 10.9 Å². The molecular weight excluding hydrogens is 206 g/mol. The maximum Gasteiger partial charge on any atom is 0.236 e. The number of nitrogens with two attached hydrogens (primary N) is 1. The van der Waals surface area contributed by atoms with E-state index < -0.39 is 5.41 Å². The molecule has 0 saturated carbocycles. The van der Waals surface area contributed by atoms with Gasteiger partial charge in [0.15, 0.2) is 5.84 Å². The molecule has 0 radical (unpaired) electrons. The molecule has 94 valence electrons. The third-order valence-electron chi connectivity index (χ3n) is 3.01. The lowest BCUT2D eigenvalue weighted by molar-refractivity contribution is -0.139. The van der Waals surface area contributed by atoms with Gasteiger partial charge in [0, 0.05) is 12.6 Å². The third-order valence-corrected chi connectivity index (χ3v) is 3.01. The molecule has 1 amide bonds. The van der Waals surface area contributed by atoms with Gasteiger partial charge in [-0.15, -0.1) is 0 Å². The van der Waals surface area contributed by atoms with Crippen molar-refractivity contribution < 1.29 is 10.0 Å². The van der Waals surface area contributed by atoms with E-state index in [0.717, 1.165) is 6.42 Å². The minimum Gasteiger partial charge on any atom is -0.409 e. The van der Waals surface area contributed by atoms with Gasteiger partial charge in [0.2, 0.25) is 5.91 Å². The summed E-state index contributed by atoms with van der Waals surface area (Å²) in [4.78, 5) is 14.0. The predicted octanol–water partition coefficient (Wildman–Crippen LogP) is 1.41. The zero-order valence-corrected chi connectivity index (χ0v) is 10.8. The maximum absolute atomic E-state index is 12.3. The van der Waals surface area contributed by atoms with Crippen LogP contribution in [0.3, 0.4) is 0 Å². The lowest BCUT2D eigenvalue weighted by Gasteiger charge is -2.34. The first kappa shape index (κ1) is 14.7. The summed E-state index contributed by atoms with van der Waals surface area (Å²) in [5.74, 6) is -0.168. The molecule has 0 aliphatic heterocycles. The van der Waals surface area contributed by atoms with E-state index in [0.29, 0.717) is 6.54 Å². The summed E-state index contributed by atoms with van der Waals surface area (Å²) in [6, 6.07) is 0.156. The van der Waals surface area contributed by atoms with E-state index in [1.165, 1.54) is 0 Å². The second-order valence-corrected chi connectivity index (χ2v) is 4.46. The zero-order chi connectivity index (χ0) is 12.9. The molecule has 1 atom stereocenters. The number of rotatable bonds is 5. The Labute approximate surface area is 97.3 Å². The number of nitrogens with zero attached hydrogens (tertiary/aromatic N) is 2. The van der Waals surface area contributed by atoms with Crippen LogP contribution in [0.1, 0.15) is 41.0 Å². The van der Waals surface area contributed by atoms with Crippen molar-refractivity contribution in [3.63, 3.8) is 0 Å². The summed E-state index contributed by atoms with van der Waals surface area (Å²) < 4.78 is 0. The minimum absolute atomic E-state index is 0.0562. The van der Waals surface area contributed by atoms with Gasteiger partial charge in [-0.05, 0) is 34.1 Å². The van der Waals surface area contributed by atoms with Crippen molar-refractivity contribution in [2.75, 3.05) is 6.54 Å². The van der Waals surface area contributed by atoms with Crippen molar-refractivity contribution in [3.8, 4) is 0 Å². The molecule has 0 aliphatic carbocycles. The number of carbonyl (C=O) groups is 1. The van der Waals surface area contributed by atoms with Gasteiger partial charge >= 0.3 is 0 Å². The van der Waals surface area contributed by atoms with Gasteiger partial charge in [-0.2, -0.15) is 0 Å². The predicted molar refractivity (Wildman–Crippen MR) is 64.3 cm³/mol. The first-order valence-electron chi connectivity index (χ1n) is 5.61. The summed E-state index contributed by atoms with van der Waals surface area (Å²) in [6.07, 6.45) is 0.881. The Morgan fingerprint density at radius 3 is 2.31 bits per heavy atom. The van der Waals surface area contributed by atoms with Crippen molar-refractivity contribution >= 4 is 11.7 Å². The number of carbonyl (C=O) groups excluding carboxylic acids is 1. The third kappa shape index (κ3) is 2.87. The molecule has 0 rings (SSSR count). The second kappa shape index (κ2) is 5.72. The van der Waals surface area contributed by atoms with Gasteiger partial charge in [-0.1, -0.05) is 12.1 Å². The molecule has 1 unspecified atom stereocenters. The van der Waals surface area contributed by atoms with Gasteiger partial charge in [0.25, 0.3) is 0 Å². The Kier molecular flexibility index (Phi) is 5.27. The molecule has 0 spiro atoms. The van der Waals surface area contributed by atoms with Crippen molar-refractivity contribution in [2.24, 2.45) is 16.3 Å². The topological polar surface area (TPSA) is 78.9 Å². The number of amidine groups is 1. The van der Waals surface area contributed by atoms with E-state index in [-0.39, 0.29) is 17.8 Å². The molecule has 0 heterocycles. The summed E-state index contributed by atoms with van der Waals surface area (Å²) in [5, 5.41) is 11.6. The molecule has 0 saturated heterocycles. The molecule has 0 bridgehead atoms. The molecular formula is C11H23N3O2. The number of oxime groups is 1. The quantitative estimate of drug-likeness (QED) is 0.324. The van der Waals surface area contributed by atoms with Crippen LogP contribution in [0, 0.1) is 5.41 Å². The van der Waals surface area contributed by atoms with Crippen LogP contribution in [0.4, 0.5) is 0 Å². The van der Waals surface area contributed by atoms with Gasteiger partial charge in [-0.3, -0.25) is 4.79 Å². The van der Waals surface area contributed by atoms with E-state index in [1.54, 1.807) is 18.7 Å². The van der Waals surface area contributed by atoms with Crippen molar-refractivity contribution in [1.29, 1.82) is 0 Å². The van der Waals surface area contributed by atoms with E-state index in [9.17, 15) is 4.79 Å². The highest BCUT2D eigenvalue weighted by Crippen LogP contribution is 2.21. The fourth-order valence-electron chi connectivity index (χ4n) is 1.47. The van der Waals surface area contributed by atoms with E-state index in [2.05, 4.69) is 5.16 Å². The van der Waals surface area contributed by atoms with Gasteiger partial charge in [0.1, 0.15) is 5.41 Å². The standard InChI is InChI=1S/C11H23N3O2/c1-6-8(3)14(7-2)10(15)11(4,5)9(12)13-16/h8,16H,6-7H2,1-5H3,(H2,12,13). The van der Waals surface area contributed by atoms with Crippen LogP contribution >= 0.6 is 0 Å². The lowest BCUT2D eigenvalue weighted by Crippen LogP contribution is -2.50. The molecule has 5 nitrogen and oxygen atoms in total. The number of amides is 1. The molecule has 0 fully saturated rings. The molecule has 0 aromatic heterocycles. The summed E-state index contributed by atoms with van der Waals surface area (Å²) in [5.41, 5.74) is 4.57. The van der Waals surface area contributed by atoms with Gasteiger partial charge in [-0.25, -0.2) is 0 Å². The van der Waals surface area contributed by atoms with E-state index in [1.807, 2.05) is 20.8 Å². The Morgan fingerprint density at radius 2 is 2.00 bits per heavy atom. The van der Waals surface area contributed by atoms with Crippen LogP contribution in [-0.4, -0.2) is 34.4 Å². The Hall–Kier alpha value is -1.26. The van der Waals surface area contributed by atoms with Crippen molar-refractivity contribution in [2.45, 2.75) is 47.1 Å². The molecule has 5 heteroatoms. The summed E-state index contributed by atoms with van der Waals surface area (Å²) >= 11 is 0. The summed E-state index contributed by atoms with van der Waals surface area (Å²) in [6.45, 7) is 9.88. The van der Waals surface area contributed by atoms with Crippen LogP contribution in [0.5, 0.6) is 0 Å². The SMILES string of the molecule is CCC(C)N(CC)C(=O)C(C)(C)C(N)=NO. The fourth-order valence-corrected chi connectivity index (χ4v) is 1.47. The van der Waals surface area contributed by atoms with Crippen LogP contribution in [0.2, 0.25) is 0 Å². The minimum atomic E-state index is -0.964. The monoisotopic (exact) mass is 229 g/mol. The van der Waals surface area contributed by atoms with Crippen LogP contribution < -0.4 is 5.73 Å². The lowest BCUT2D eigenvalue weighted by atomic mass is 9.89. The molecule has 0 aromatic carbocycles. The Balaban J connectivity index is 5.02. The maximum atomic E-state index is 12.3. The molecule has 16 heavy (non-hydrogen) atoms. The smallest absolute Gasteiger partial charge is 0.236 e. The fraction of sp³-hybridized carbons (Fsp3) is 0.818. The normalized spacial score (nSPS) is 14.7. The highest BCUT2D eigenvalue weighted by Gasteiger charge is 2.37. The highest BCUT2D eigenvalue weighted by atomic mass is 16.4. The Morgan fingerprint density at radius 1 is 1.50 bits per heavy atom. The number of hydrogen-bond donors (Lipinski definition) is 2. The molecule has 3 N–H and O–H groups in total. The average molecular weight is 229 g/mol. The van der Waals surface area contributed by atoms with Crippen LogP contribution in [-0.2, 0) is 4.79 Å². The highest BCUT2D eigenvalue weighted by molar-refractivity contribution is 6.05. The van der Waals surface area contributed by atoms with Crippen LogP contribution in [0.15, 0.2) is 5.16 Å². The molecule has 0 aromatic rings. The van der Waals surface area contributed by atoms with E-state index >= 15 is 0 Å². The largest absolute Gasteiger partial charge is 0.409 e. The second-order valence-electron chi connectivity index (χ2n) is 4.46. The van der Waals surface area contributed by atoms with Gasteiger partial charge in [0.05, 0.1) is 0 Å². The summed E-state index contributed by atoms with van der Waals surface area (Å²) in [7, 11) is 0. The van der Waals surface area contributed by atoms with Gasteiger partial charge < -0.3 is 15.8 Å². The van der Waals surface area contributed by atoms with Crippen LogP contribution in [0.25, 0.3) is 0 Å². The van der Waals surface area contributed by atoms with Crippen molar-refractivity contribution in [3.05, 3.63) is 0 Å². The van der Waals surface area contributed by atoms with Crippen molar-refractivity contribution in [1.82, 2.24) is 4.90 Å². The first-order chi connectivity index (χ1) is 7.32. The Bertz CT molecular complexity index is 274. The first-order valence-corrected chi connectivity index (χ1v) is 5.61. The molecule has 0 aliphatic rings. The number of hydrogen-bond acceptors (Lipinski definition) is 3. The zero-order valence-electron chi connectivity index (χ0n) is 10.8.